The Hall–Kier alpha value is -1.46. The summed E-state index contributed by atoms with van der Waals surface area (Å²) in [6, 6.07) is 0.155. The van der Waals surface area contributed by atoms with Crippen molar-refractivity contribution in [2.45, 2.75) is 45.6 Å². The third-order valence-corrected chi connectivity index (χ3v) is 2.17. The highest BCUT2D eigenvalue weighted by Gasteiger charge is 2.12. The largest absolute Gasteiger partial charge is 0.347 e. The van der Waals surface area contributed by atoms with Crippen molar-refractivity contribution in [1.29, 1.82) is 0 Å². The van der Waals surface area contributed by atoms with E-state index in [9.17, 15) is 4.79 Å². The van der Waals surface area contributed by atoms with Crippen LogP contribution in [0.1, 0.15) is 50.1 Å². The van der Waals surface area contributed by atoms with Gasteiger partial charge in [-0.25, -0.2) is 0 Å². The van der Waals surface area contributed by atoms with Gasteiger partial charge in [-0.15, -0.1) is 10.2 Å². The van der Waals surface area contributed by atoms with Crippen molar-refractivity contribution in [3.8, 4) is 0 Å². The number of aromatic nitrogens is 4. The summed E-state index contributed by atoms with van der Waals surface area (Å²) in [7, 11) is 0. The molecule has 0 aromatic carbocycles. The molecule has 0 aliphatic heterocycles. The molecule has 0 aliphatic rings. The second kappa shape index (κ2) is 6.10. The van der Waals surface area contributed by atoms with Gasteiger partial charge in [0.25, 0.3) is 11.7 Å². The number of tetrazole rings is 1. The van der Waals surface area contributed by atoms with Crippen LogP contribution in [0.3, 0.4) is 0 Å². The highest BCUT2D eigenvalue weighted by molar-refractivity contribution is 5.90. The van der Waals surface area contributed by atoms with E-state index in [1.807, 2.05) is 6.92 Å². The summed E-state index contributed by atoms with van der Waals surface area (Å²) in [6.45, 7) is 4.14. The molecule has 0 bridgehead atoms. The van der Waals surface area contributed by atoms with E-state index in [2.05, 4.69) is 32.9 Å². The zero-order valence-corrected chi connectivity index (χ0v) is 9.16. The lowest BCUT2D eigenvalue weighted by molar-refractivity contribution is 0.0927. The van der Waals surface area contributed by atoms with Gasteiger partial charge in [-0.05, 0) is 18.6 Å². The molecule has 0 spiro atoms. The lowest BCUT2D eigenvalue weighted by Gasteiger charge is -2.11. The van der Waals surface area contributed by atoms with Crippen molar-refractivity contribution in [2.75, 3.05) is 0 Å². The van der Waals surface area contributed by atoms with Crippen LogP contribution < -0.4 is 5.32 Å². The molecule has 1 rings (SSSR count). The predicted octanol–water partition coefficient (Wildman–Crippen LogP) is 0.898. The summed E-state index contributed by atoms with van der Waals surface area (Å²) in [6.07, 6.45) is 4.50. The average Bonchev–Trinajstić information content (AvgIpc) is 2.70. The SMILES string of the molecule is CCCCCC(C)NC(=O)c1nn[nH]n1. The molecule has 0 fully saturated rings. The minimum absolute atomic E-state index is 0.0948. The molecule has 2 N–H and O–H groups in total. The summed E-state index contributed by atoms with van der Waals surface area (Å²) < 4.78 is 0. The number of amides is 1. The van der Waals surface area contributed by atoms with Gasteiger partial charge in [0.15, 0.2) is 0 Å². The van der Waals surface area contributed by atoms with E-state index in [1.165, 1.54) is 12.8 Å². The Labute approximate surface area is 88.8 Å². The average molecular weight is 211 g/mol. The molecule has 0 saturated carbocycles. The highest BCUT2D eigenvalue weighted by Crippen LogP contribution is 2.03. The molecule has 84 valence electrons. The van der Waals surface area contributed by atoms with Gasteiger partial charge in [0.1, 0.15) is 0 Å². The van der Waals surface area contributed by atoms with Crippen LogP contribution in [0.25, 0.3) is 0 Å². The van der Waals surface area contributed by atoms with Gasteiger partial charge < -0.3 is 5.32 Å². The molecule has 0 aliphatic carbocycles. The first-order chi connectivity index (χ1) is 7.24. The topological polar surface area (TPSA) is 83.6 Å². The zero-order chi connectivity index (χ0) is 11.1. The fourth-order valence-corrected chi connectivity index (χ4v) is 1.32. The smallest absolute Gasteiger partial charge is 0.293 e. The summed E-state index contributed by atoms with van der Waals surface area (Å²) in [4.78, 5) is 11.5. The molecule has 1 amide bonds. The van der Waals surface area contributed by atoms with E-state index in [1.54, 1.807) is 0 Å². The van der Waals surface area contributed by atoms with Crippen LogP contribution in [0, 0.1) is 0 Å². The Morgan fingerprint density at radius 1 is 1.53 bits per heavy atom. The van der Waals surface area contributed by atoms with Crippen molar-refractivity contribution < 1.29 is 4.79 Å². The number of nitrogens with zero attached hydrogens (tertiary/aromatic N) is 3. The first kappa shape index (κ1) is 11.6. The molecule has 1 aromatic heterocycles. The lowest BCUT2D eigenvalue weighted by Crippen LogP contribution is -2.33. The van der Waals surface area contributed by atoms with Crippen LogP contribution >= 0.6 is 0 Å². The molecule has 15 heavy (non-hydrogen) atoms. The number of H-pyrrole nitrogens is 1. The van der Waals surface area contributed by atoms with E-state index in [-0.39, 0.29) is 17.8 Å². The fraction of sp³-hybridized carbons (Fsp3) is 0.778. The Balaban J connectivity index is 2.26. The van der Waals surface area contributed by atoms with Gasteiger partial charge in [0.05, 0.1) is 0 Å². The quantitative estimate of drug-likeness (QED) is 0.685. The molecular formula is C9H17N5O. The normalized spacial score (nSPS) is 12.4. The van der Waals surface area contributed by atoms with Gasteiger partial charge in [-0.2, -0.15) is 5.21 Å². The maximum Gasteiger partial charge on any atom is 0.293 e. The van der Waals surface area contributed by atoms with Crippen LogP contribution in [-0.2, 0) is 0 Å². The van der Waals surface area contributed by atoms with Crippen LogP contribution in [0.2, 0.25) is 0 Å². The van der Waals surface area contributed by atoms with Crippen molar-refractivity contribution in [2.24, 2.45) is 0 Å². The minimum atomic E-state index is -0.271. The number of rotatable bonds is 6. The van der Waals surface area contributed by atoms with Crippen molar-refractivity contribution in [3.05, 3.63) is 5.82 Å². The number of carbonyl (C=O) groups excluding carboxylic acids is 1. The summed E-state index contributed by atoms with van der Waals surface area (Å²) in [5.41, 5.74) is 0. The molecule has 0 saturated heterocycles. The van der Waals surface area contributed by atoms with Gasteiger partial charge in [0.2, 0.25) is 0 Å². The predicted molar refractivity (Wildman–Crippen MR) is 55.2 cm³/mol. The number of hydrogen-bond donors (Lipinski definition) is 2. The number of aromatic amines is 1. The van der Waals surface area contributed by atoms with E-state index >= 15 is 0 Å². The number of hydrogen-bond acceptors (Lipinski definition) is 4. The molecule has 6 nitrogen and oxygen atoms in total. The maximum atomic E-state index is 11.5. The van der Waals surface area contributed by atoms with E-state index in [4.69, 9.17) is 0 Å². The van der Waals surface area contributed by atoms with Crippen LogP contribution in [0.15, 0.2) is 0 Å². The molecule has 1 unspecified atom stereocenters. The van der Waals surface area contributed by atoms with Crippen molar-refractivity contribution in [3.63, 3.8) is 0 Å². The molecule has 1 aromatic rings. The third-order valence-electron chi connectivity index (χ3n) is 2.17. The Morgan fingerprint density at radius 3 is 2.93 bits per heavy atom. The number of nitrogens with one attached hydrogen (secondary N) is 2. The van der Waals surface area contributed by atoms with Crippen LogP contribution in [0.5, 0.6) is 0 Å². The monoisotopic (exact) mass is 211 g/mol. The summed E-state index contributed by atoms with van der Waals surface area (Å²) in [5.74, 6) is -0.176. The maximum absolute atomic E-state index is 11.5. The standard InChI is InChI=1S/C9H17N5O/c1-3-4-5-6-7(2)10-9(15)8-11-13-14-12-8/h7H,3-6H2,1-2H3,(H,10,15)(H,11,12,13,14). The zero-order valence-electron chi connectivity index (χ0n) is 9.16. The Kier molecular flexibility index (Phi) is 4.73. The van der Waals surface area contributed by atoms with Gasteiger partial charge in [-0.1, -0.05) is 26.2 Å². The second-order valence-corrected chi connectivity index (χ2v) is 3.61. The molecular weight excluding hydrogens is 194 g/mol. The van der Waals surface area contributed by atoms with E-state index in [0.29, 0.717) is 0 Å². The van der Waals surface area contributed by atoms with Gasteiger partial charge in [0, 0.05) is 6.04 Å². The van der Waals surface area contributed by atoms with E-state index in [0.717, 1.165) is 12.8 Å². The van der Waals surface area contributed by atoms with Crippen molar-refractivity contribution in [1.82, 2.24) is 25.9 Å². The number of unbranched alkanes of at least 4 members (excludes halogenated alkanes) is 2. The first-order valence-corrected chi connectivity index (χ1v) is 5.28. The third kappa shape index (κ3) is 4.05. The van der Waals surface area contributed by atoms with Crippen molar-refractivity contribution >= 4 is 5.91 Å². The van der Waals surface area contributed by atoms with Gasteiger partial charge in [-0.3, -0.25) is 4.79 Å². The van der Waals surface area contributed by atoms with Crippen LogP contribution in [0.4, 0.5) is 0 Å². The summed E-state index contributed by atoms with van der Waals surface area (Å²) >= 11 is 0. The Morgan fingerprint density at radius 2 is 2.33 bits per heavy atom. The van der Waals surface area contributed by atoms with Crippen LogP contribution in [-0.4, -0.2) is 32.6 Å². The molecule has 6 heteroatoms. The number of carbonyl (C=O) groups is 1. The molecule has 0 radical (unpaired) electrons. The Bertz CT molecular complexity index is 285. The first-order valence-electron chi connectivity index (χ1n) is 5.28. The lowest BCUT2D eigenvalue weighted by atomic mass is 10.1. The molecule has 1 atom stereocenters. The summed E-state index contributed by atoms with van der Waals surface area (Å²) in [5, 5.41) is 15.6. The van der Waals surface area contributed by atoms with Gasteiger partial charge >= 0.3 is 0 Å². The second-order valence-electron chi connectivity index (χ2n) is 3.61. The fourth-order valence-electron chi connectivity index (χ4n) is 1.32. The van der Waals surface area contributed by atoms with E-state index < -0.39 is 0 Å². The highest BCUT2D eigenvalue weighted by atomic mass is 16.2. The minimum Gasteiger partial charge on any atom is -0.347 e. The molecule has 1 heterocycles.